The van der Waals surface area contributed by atoms with Crippen LogP contribution in [0.3, 0.4) is 0 Å². The van der Waals surface area contributed by atoms with Crippen LogP contribution in [0.15, 0.2) is 24.3 Å². The Balaban J connectivity index is 2.49. The Labute approximate surface area is 197 Å². The van der Waals surface area contributed by atoms with Crippen molar-refractivity contribution in [3.8, 4) is 24.2 Å². The van der Waals surface area contributed by atoms with E-state index in [-0.39, 0.29) is 28.9 Å². The molecule has 0 aromatic heterocycles. The molecule has 1 heterocycles. The van der Waals surface area contributed by atoms with Crippen molar-refractivity contribution in [3.05, 3.63) is 39.9 Å². The highest BCUT2D eigenvalue weighted by Crippen LogP contribution is 2.45. The van der Waals surface area contributed by atoms with Crippen LogP contribution in [0.1, 0.15) is 47.1 Å². The van der Waals surface area contributed by atoms with Gasteiger partial charge in [0.15, 0.2) is 0 Å². The van der Waals surface area contributed by atoms with Crippen molar-refractivity contribution in [1.29, 1.82) is 0 Å². The third-order valence-electron chi connectivity index (χ3n) is 6.58. The van der Waals surface area contributed by atoms with Crippen LogP contribution < -0.4 is 0 Å². The highest BCUT2D eigenvalue weighted by atomic mass is 28.4. The standard InChI is InChI=1S/C25H35NO6Si/c1-8-21-23(15-27)31-22(14-11-19-9-12-20(13-10-19)26(29)30)25(24(21)28)32-33(16(2)3,17(4)5)18(6)7/h1,9-10,12-13,16-18,21-25,27-28H,15H2,2-7H3/t21-,22+,23-,24+,25+/m1/s1. The first kappa shape index (κ1) is 27.0. The number of nitrogens with zero attached hydrogens (tertiary/aromatic N) is 1. The van der Waals surface area contributed by atoms with Gasteiger partial charge in [-0.3, -0.25) is 10.1 Å². The number of aliphatic hydroxyl groups is 2. The maximum absolute atomic E-state index is 11.2. The summed E-state index contributed by atoms with van der Waals surface area (Å²) in [5.74, 6) is 7.84. The van der Waals surface area contributed by atoms with Crippen LogP contribution in [0.2, 0.25) is 16.6 Å². The summed E-state index contributed by atoms with van der Waals surface area (Å²) in [6, 6.07) is 5.88. The number of non-ortho nitro benzene ring substituents is 1. The molecule has 1 aliphatic heterocycles. The van der Waals surface area contributed by atoms with Gasteiger partial charge in [-0.15, -0.1) is 6.42 Å². The van der Waals surface area contributed by atoms with Gasteiger partial charge in [0.25, 0.3) is 5.69 Å². The molecule has 180 valence electrons. The Kier molecular flexibility index (Phi) is 9.25. The van der Waals surface area contributed by atoms with E-state index in [1.165, 1.54) is 12.1 Å². The molecule has 33 heavy (non-hydrogen) atoms. The van der Waals surface area contributed by atoms with E-state index in [9.17, 15) is 20.3 Å². The van der Waals surface area contributed by atoms with E-state index in [0.717, 1.165) is 0 Å². The Bertz CT molecular complexity index is 890. The van der Waals surface area contributed by atoms with Gasteiger partial charge in [0.2, 0.25) is 8.32 Å². The van der Waals surface area contributed by atoms with E-state index in [2.05, 4.69) is 59.3 Å². The molecule has 8 heteroatoms. The first-order chi connectivity index (χ1) is 15.5. The molecular weight excluding hydrogens is 438 g/mol. The number of hydrogen-bond donors (Lipinski definition) is 2. The normalized spacial score (nSPS) is 25.6. The van der Waals surface area contributed by atoms with Gasteiger partial charge < -0.3 is 19.4 Å². The van der Waals surface area contributed by atoms with Gasteiger partial charge in [-0.1, -0.05) is 59.3 Å². The summed E-state index contributed by atoms with van der Waals surface area (Å²) in [7, 11) is -2.42. The molecule has 1 aliphatic rings. The fourth-order valence-corrected chi connectivity index (χ4v) is 10.6. The van der Waals surface area contributed by atoms with Crippen LogP contribution in [0, 0.1) is 40.2 Å². The van der Waals surface area contributed by atoms with Crippen LogP contribution in [-0.2, 0) is 9.16 Å². The smallest absolute Gasteiger partial charge is 0.269 e. The molecule has 0 amide bonds. The Morgan fingerprint density at radius 2 is 1.70 bits per heavy atom. The maximum Gasteiger partial charge on any atom is 0.269 e. The number of benzene rings is 1. The SMILES string of the molecule is C#C[C@H]1[C@H](O)[C@@H](O[Si](C(C)C)(C(C)C)C(C)C)[C@H](C#Cc2ccc([N+](=O)[O-])cc2)O[C@@H]1CO. The molecule has 1 fully saturated rings. The van der Waals surface area contributed by atoms with E-state index < -0.39 is 43.6 Å². The van der Waals surface area contributed by atoms with E-state index >= 15 is 0 Å². The van der Waals surface area contributed by atoms with E-state index in [0.29, 0.717) is 5.56 Å². The third kappa shape index (κ3) is 5.66. The van der Waals surface area contributed by atoms with Crippen molar-refractivity contribution in [2.75, 3.05) is 6.61 Å². The van der Waals surface area contributed by atoms with E-state index in [1.807, 2.05) is 0 Å². The van der Waals surface area contributed by atoms with Gasteiger partial charge in [-0.2, -0.15) is 0 Å². The lowest BCUT2D eigenvalue weighted by Gasteiger charge is -2.49. The molecule has 0 unspecified atom stereocenters. The quantitative estimate of drug-likeness (QED) is 0.270. The molecule has 0 aliphatic carbocycles. The summed E-state index contributed by atoms with van der Waals surface area (Å²) < 4.78 is 12.9. The van der Waals surface area contributed by atoms with Crippen LogP contribution in [0.25, 0.3) is 0 Å². The third-order valence-corrected chi connectivity index (χ3v) is 12.7. The maximum atomic E-state index is 11.2. The minimum absolute atomic E-state index is 0.0233. The lowest BCUT2D eigenvalue weighted by atomic mass is 9.87. The predicted molar refractivity (Wildman–Crippen MR) is 130 cm³/mol. The van der Waals surface area contributed by atoms with Crippen LogP contribution in [0.5, 0.6) is 0 Å². The first-order valence-electron chi connectivity index (χ1n) is 11.3. The van der Waals surface area contributed by atoms with Gasteiger partial charge >= 0.3 is 0 Å². The summed E-state index contributed by atoms with van der Waals surface area (Å²) >= 11 is 0. The molecule has 2 N–H and O–H groups in total. The van der Waals surface area contributed by atoms with Crippen LogP contribution >= 0.6 is 0 Å². The number of nitro groups is 1. The predicted octanol–water partition coefficient (Wildman–Crippen LogP) is 3.88. The number of hydrogen-bond acceptors (Lipinski definition) is 6. The highest BCUT2D eigenvalue weighted by molar-refractivity contribution is 6.77. The summed E-state index contributed by atoms with van der Waals surface area (Å²) in [4.78, 5) is 10.4. The average molecular weight is 474 g/mol. The molecule has 1 aromatic rings. The first-order valence-corrected chi connectivity index (χ1v) is 13.5. The van der Waals surface area contributed by atoms with Gasteiger partial charge in [0.1, 0.15) is 12.2 Å². The molecule has 2 rings (SSSR count). The second-order valence-corrected chi connectivity index (χ2v) is 14.8. The van der Waals surface area contributed by atoms with Crippen molar-refractivity contribution >= 4 is 14.0 Å². The second kappa shape index (κ2) is 11.3. The monoisotopic (exact) mass is 473 g/mol. The van der Waals surface area contributed by atoms with Crippen molar-refractivity contribution in [3.63, 3.8) is 0 Å². The number of ether oxygens (including phenoxy) is 1. The summed E-state index contributed by atoms with van der Waals surface area (Å²) in [5, 5.41) is 31.9. The Morgan fingerprint density at radius 3 is 2.12 bits per heavy atom. The topological polar surface area (TPSA) is 102 Å². The minimum atomic E-state index is -2.42. The molecule has 5 atom stereocenters. The number of terminal acetylenes is 1. The number of rotatable bonds is 7. The van der Waals surface area contributed by atoms with E-state index in [1.54, 1.807) is 12.1 Å². The van der Waals surface area contributed by atoms with Crippen LogP contribution in [-0.4, -0.2) is 54.5 Å². The van der Waals surface area contributed by atoms with Crippen molar-refractivity contribution in [1.82, 2.24) is 0 Å². The lowest BCUT2D eigenvalue weighted by molar-refractivity contribution is -0.384. The molecule has 0 bridgehead atoms. The summed E-state index contributed by atoms with van der Waals surface area (Å²) in [6.07, 6.45) is 2.25. The van der Waals surface area contributed by atoms with Gasteiger partial charge in [0, 0.05) is 17.7 Å². The number of nitro benzene ring substituents is 1. The lowest BCUT2D eigenvalue weighted by Crippen LogP contribution is -2.61. The molecule has 0 spiro atoms. The molecule has 1 saturated heterocycles. The average Bonchev–Trinajstić information content (AvgIpc) is 2.76. The van der Waals surface area contributed by atoms with Gasteiger partial charge in [-0.25, -0.2) is 0 Å². The van der Waals surface area contributed by atoms with Crippen molar-refractivity contribution in [2.45, 2.75) is 82.6 Å². The molecule has 0 saturated carbocycles. The van der Waals surface area contributed by atoms with Gasteiger partial charge in [0.05, 0.1) is 29.7 Å². The van der Waals surface area contributed by atoms with E-state index in [4.69, 9.17) is 15.6 Å². The fourth-order valence-electron chi connectivity index (χ4n) is 5.03. The molecular formula is C25H35NO6Si. The Hall–Kier alpha value is -2.20. The van der Waals surface area contributed by atoms with Crippen molar-refractivity contribution in [2.24, 2.45) is 5.92 Å². The van der Waals surface area contributed by atoms with Crippen LogP contribution in [0.4, 0.5) is 5.69 Å². The molecule has 1 aromatic carbocycles. The Morgan fingerprint density at radius 1 is 1.15 bits per heavy atom. The summed E-state index contributed by atoms with van der Waals surface area (Å²) in [5.41, 5.74) is 1.36. The van der Waals surface area contributed by atoms with Gasteiger partial charge in [-0.05, 0) is 28.8 Å². The molecule has 0 radical (unpaired) electrons. The minimum Gasteiger partial charge on any atom is -0.407 e. The second-order valence-electron chi connectivity index (χ2n) is 9.43. The summed E-state index contributed by atoms with van der Waals surface area (Å²) in [6.45, 7) is 12.5. The van der Waals surface area contributed by atoms with Crippen molar-refractivity contribution < 1.29 is 24.3 Å². The number of aliphatic hydroxyl groups excluding tert-OH is 2. The largest absolute Gasteiger partial charge is 0.407 e. The zero-order valence-corrected chi connectivity index (χ0v) is 21.2. The fraction of sp³-hybridized carbons (Fsp3) is 0.600. The molecule has 7 nitrogen and oxygen atoms in total. The highest BCUT2D eigenvalue weighted by Gasteiger charge is 2.52. The zero-order valence-electron chi connectivity index (χ0n) is 20.2. The zero-order chi connectivity index (χ0) is 24.9.